The van der Waals surface area contributed by atoms with E-state index in [2.05, 4.69) is 15.5 Å². The summed E-state index contributed by atoms with van der Waals surface area (Å²) < 4.78 is 10.8. The van der Waals surface area contributed by atoms with E-state index in [9.17, 15) is 0 Å². The standard InChI is InChI=1S/C12H15N3O2S2/c1-13-9-3-2-4-10(7-9)16-5-6-19-8-11-14-15-12(18)17-11/h2-4,7,13H,5-6,8H2,1H3,(H,15,18). The maximum atomic E-state index is 5.65. The van der Waals surface area contributed by atoms with Crippen molar-refractivity contribution in [1.82, 2.24) is 10.2 Å². The van der Waals surface area contributed by atoms with E-state index in [0.29, 0.717) is 23.1 Å². The van der Waals surface area contributed by atoms with E-state index >= 15 is 0 Å². The molecule has 0 unspecified atom stereocenters. The Hall–Kier alpha value is -1.47. The number of aromatic nitrogens is 2. The molecule has 0 aliphatic carbocycles. The fourth-order valence-electron chi connectivity index (χ4n) is 1.44. The van der Waals surface area contributed by atoms with Gasteiger partial charge in [0.15, 0.2) is 0 Å². The third kappa shape index (κ3) is 4.60. The van der Waals surface area contributed by atoms with Gasteiger partial charge in [0.05, 0.1) is 12.4 Å². The van der Waals surface area contributed by atoms with Crippen molar-refractivity contribution in [1.29, 1.82) is 0 Å². The van der Waals surface area contributed by atoms with Crippen molar-refractivity contribution in [2.75, 3.05) is 24.7 Å². The second kappa shape index (κ2) is 7.20. The van der Waals surface area contributed by atoms with Gasteiger partial charge in [-0.05, 0) is 24.4 Å². The topological polar surface area (TPSA) is 63.1 Å². The Bertz CT molecular complexity index is 568. The Labute approximate surface area is 120 Å². The molecule has 19 heavy (non-hydrogen) atoms. The number of thioether (sulfide) groups is 1. The summed E-state index contributed by atoms with van der Waals surface area (Å²) in [6.45, 7) is 0.642. The van der Waals surface area contributed by atoms with Crippen LogP contribution in [0.3, 0.4) is 0 Å². The van der Waals surface area contributed by atoms with Crippen LogP contribution in [0, 0.1) is 4.84 Å². The number of aromatic amines is 1. The minimum atomic E-state index is 0.315. The van der Waals surface area contributed by atoms with Crippen LogP contribution in [0.4, 0.5) is 5.69 Å². The van der Waals surface area contributed by atoms with Crippen molar-refractivity contribution in [2.45, 2.75) is 5.75 Å². The molecule has 7 heteroatoms. The van der Waals surface area contributed by atoms with Crippen LogP contribution in [0.5, 0.6) is 5.75 Å². The van der Waals surface area contributed by atoms with Crippen LogP contribution in [0.2, 0.25) is 0 Å². The van der Waals surface area contributed by atoms with Crippen molar-refractivity contribution in [3.05, 3.63) is 35.0 Å². The van der Waals surface area contributed by atoms with E-state index < -0.39 is 0 Å². The molecule has 0 spiro atoms. The molecule has 102 valence electrons. The summed E-state index contributed by atoms with van der Waals surface area (Å²) in [5.41, 5.74) is 1.04. The zero-order chi connectivity index (χ0) is 13.5. The van der Waals surface area contributed by atoms with Gasteiger partial charge in [-0.2, -0.15) is 0 Å². The lowest BCUT2D eigenvalue weighted by Gasteiger charge is -2.07. The SMILES string of the molecule is CNc1cccc(OCCSCc2n[nH]c(=S)o2)c1. The summed E-state index contributed by atoms with van der Waals surface area (Å²) >= 11 is 6.48. The maximum absolute atomic E-state index is 5.65. The van der Waals surface area contributed by atoms with Gasteiger partial charge in [0, 0.05) is 24.6 Å². The molecule has 0 fully saturated rings. The van der Waals surface area contributed by atoms with Crippen LogP contribution in [0.15, 0.2) is 28.7 Å². The average molecular weight is 297 g/mol. The highest BCUT2D eigenvalue weighted by Crippen LogP contribution is 2.17. The second-order valence-electron chi connectivity index (χ2n) is 3.69. The fourth-order valence-corrected chi connectivity index (χ4v) is 2.23. The number of rotatable bonds is 7. The Balaban J connectivity index is 1.67. The summed E-state index contributed by atoms with van der Waals surface area (Å²) in [5.74, 6) is 3.03. The molecule has 5 nitrogen and oxygen atoms in total. The molecule has 2 aromatic rings. The van der Waals surface area contributed by atoms with Crippen LogP contribution >= 0.6 is 24.0 Å². The van der Waals surface area contributed by atoms with Crippen LogP contribution < -0.4 is 10.1 Å². The summed E-state index contributed by atoms with van der Waals surface area (Å²) in [7, 11) is 1.88. The Morgan fingerprint density at radius 1 is 1.53 bits per heavy atom. The first kappa shape index (κ1) is 14.0. The number of H-pyrrole nitrogens is 1. The predicted molar refractivity (Wildman–Crippen MR) is 79.3 cm³/mol. The van der Waals surface area contributed by atoms with Gasteiger partial charge in [0.2, 0.25) is 5.89 Å². The first-order chi connectivity index (χ1) is 9.28. The highest BCUT2D eigenvalue weighted by Gasteiger charge is 2.00. The second-order valence-corrected chi connectivity index (χ2v) is 5.16. The van der Waals surface area contributed by atoms with Gasteiger partial charge in [-0.3, -0.25) is 0 Å². The van der Waals surface area contributed by atoms with Gasteiger partial charge in [-0.15, -0.1) is 16.9 Å². The molecule has 0 bridgehead atoms. The molecule has 2 rings (SSSR count). The molecule has 1 heterocycles. The Morgan fingerprint density at radius 3 is 3.16 bits per heavy atom. The lowest BCUT2D eigenvalue weighted by atomic mass is 10.3. The number of nitrogens with zero attached hydrogens (tertiary/aromatic N) is 1. The molecule has 0 atom stereocenters. The van der Waals surface area contributed by atoms with E-state index in [1.165, 1.54) is 0 Å². The minimum absolute atomic E-state index is 0.315. The Morgan fingerprint density at radius 2 is 2.42 bits per heavy atom. The molecule has 0 aliphatic rings. The highest BCUT2D eigenvalue weighted by atomic mass is 32.2. The zero-order valence-electron chi connectivity index (χ0n) is 10.5. The first-order valence-electron chi connectivity index (χ1n) is 5.80. The maximum Gasteiger partial charge on any atom is 0.284 e. The van der Waals surface area contributed by atoms with Gasteiger partial charge >= 0.3 is 0 Å². The molecule has 0 saturated carbocycles. The highest BCUT2D eigenvalue weighted by molar-refractivity contribution is 7.98. The smallest absolute Gasteiger partial charge is 0.284 e. The van der Waals surface area contributed by atoms with Gasteiger partial charge in [0.25, 0.3) is 4.84 Å². The fraction of sp³-hybridized carbons (Fsp3) is 0.333. The number of benzene rings is 1. The van der Waals surface area contributed by atoms with E-state index in [-0.39, 0.29) is 0 Å². The van der Waals surface area contributed by atoms with Gasteiger partial charge in [-0.1, -0.05) is 6.07 Å². The summed E-state index contributed by atoms with van der Waals surface area (Å²) in [5, 5.41) is 9.60. The van der Waals surface area contributed by atoms with Crippen molar-refractivity contribution in [2.24, 2.45) is 0 Å². The molecular formula is C12H15N3O2S2. The van der Waals surface area contributed by atoms with Crippen molar-refractivity contribution >= 4 is 29.7 Å². The zero-order valence-corrected chi connectivity index (χ0v) is 12.1. The third-order valence-corrected chi connectivity index (χ3v) is 3.41. The van der Waals surface area contributed by atoms with E-state index in [1.54, 1.807) is 11.8 Å². The van der Waals surface area contributed by atoms with E-state index in [0.717, 1.165) is 17.2 Å². The quantitative estimate of drug-likeness (QED) is 0.605. The lowest BCUT2D eigenvalue weighted by Crippen LogP contribution is -2.01. The van der Waals surface area contributed by atoms with Crippen LogP contribution in [0.1, 0.15) is 5.89 Å². The minimum Gasteiger partial charge on any atom is -0.493 e. The van der Waals surface area contributed by atoms with Crippen LogP contribution in [-0.2, 0) is 5.75 Å². The molecule has 0 saturated heterocycles. The largest absolute Gasteiger partial charge is 0.493 e. The van der Waals surface area contributed by atoms with Gasteiger partial charge in [-0.25, -0.2) is 5.10 Å². The number of ether oxygens (including phenoxy) is 1. The number of anilines is 1. The summed E-state index contributed by atoms with van der Waals surface area (Å²) in [6, 6.07) is 7.87. The van der Waals surface area contributed by atoms with Gasteiger partial charge in [0.1, 0.15) is 5.75 Å². The van der Waals surface area contributed by atoms with E-state index in [4.69, 9.17) is 21.4 Å². The Kier molecular flexibility index (Phi) is 5.29. The first-order valence-corrected chi connectivity index (χ1v) is 7.37. The molecule has 1 aromatic heterocycles. The summed E-state index contributed by atoms with van der Waals surface area (Å²) in [4.78, 5) is 0.315. The number of hydrogen-bond acceptors (Lipinski definition) is 6. The number of nitrogens with one attached hydrogen (secondary N) is 2. The van der Waals surface area contributed by atoms with Crippen LogP contribution in [-0.4, -0.2) is 29.6 Å². The summed E-state index contributed by atoms with van der Waals surface area (Å²) in [6.07, 6.45) is 0. The predicted octanol–water partition coefficient (Wildman–Crippen LogP) is 3.09. The molecule has 0 aliphatic heterocycles. The van der Waals surface area contributed by atoms with Crippen molar-refractivity contribution in [3.8, 4) is 5.75 Å². The monoisotopic (exact) mass is 297 g/mol. The number of hydrogen-bond donors (Lipinski definition) is 2. The molecule has 0 radical (unpaired) electrons. The molecule has 0 amide bonds. The van der Waals surface area contributed by atoms with E-state index in [1.807, 2.05) is 31.3 Å². The molecule has 1 aromatic carbocycles. The lowest BCUT2D eigenvalue weighted by molar-refractivity contribution is 0.344. The third-order valence-electron chi connectivity index (χ3n) is 2.33. The van der Waals surface area contributed by atoms with Crippen LogP contribution in [0.25, 0.3) is 0 Å². The molecular weight excluding hydrogens is 282 g/mol. The van der Waals surface area contributed by atoms with Crippen molar-refractivity contribution in [3.63, 3.8) is 0 Å². The average Bonchev–Trinajstić information content (AvgIpc) is 2.84. The van der Waals surface area contributed by atoms with Gasteiger partial charge < -0.3 is 14.5 Å². The van der Waals surface area contributed by atoms with Crippen molar-refractivity contribution < 1.29 is 9.15 Å². The molecule has 2 N–H and O–H groups in total. The normalized spacial score (nSPS) is 10.4.